The average Bonchev–Trinajstić information content (AvgIpc) is 3.16. The van der Waals surface area contributed by atoms with E-state index in [9.17, 15) is 19.5 Å². The predicted octanol–water partition coefficient (Wildman–Crippen LogP) is 4.65. The second-order valence-corrected chi connectivity index (χ2v) is 10.2. The van der Waals surface area contributed by atoms with E-state index in [1.54, 1.807) is 11.8 Å². The van der Waals surface area contributed by atoms with E-state index in [0.717, 1.165) is 11.1 Å². The average molecular weight is 479 g/mol. The standard InChI is InChI=1S/C28H34N2O5/c1-18-19(25(31)32)13-8-16-30(18)26(33)28(2,3)14-15-29-27(34)35-17-24-22-11-6-4-9-20(22)21-10-5-7-12-23(21)24/h4-7,9-12,18-19,24H,8,13-17H2,1-3H3,(H,29,34)(H,31,32). The van der Waals surface area contributed by atoms with Crippen LogP contribution in [-0.2, 0) is 14.3 Å². The van der Waals surface area contributed by atoms with Crippen LogP contribution in [0.5, 0.6) is 0 Å². The van der Waals surface area contributed by atoms with E-state index in [4.69, 9.17) is 4.74 Å². The third kappa shape index (κ3) is 5.04. The van der Waals surface area contributed by atoms with Crippen LogP contribution in [0.1, 0.15) is 57.1 Å². The highest BCUT2D eigenvalue weighted by Gasteiger charge is 2.40. The van der Waals surface area contributed by atoms with Crippen LogP contribution < -0.4 is 5.32 Å². The van der Waals surface area contributed by atoms with Gasteiger partial charge in [0.25, 0.3) is 0 Å². The summed E-state index contributed by atoms with van der Waals surface area (Å²) in [6.45, 7) is 6.58. The molecule has 1 aliphatic carbocycles. The molecular weight excluding hydrogens is 444 g/mol. The van der Waals surface area contributed by atoms with E-state index < -0.39 is 23.4 Å². The topological polar surface area (TPSA) is 95.9 Å². The Kier molecular flexibility index (Phi) is 7.15. The van der Waals surface area contributed by atoms with Crippen LogP contribution in [0.15, 0.2) is 48.5 Å². The van der Waals surface area contributed by atoms with Gasteiger partial charge in [-0.3, -0.25) is 9.59 Å². The number of hydrogen-bond donors (Lipinski definition) is 2. The quantitative estimate of drug-likeness (QED) is 0.604. The van der Waals surface area contributed by atoms with Crippen molar-refractivity contribution in [2.75, 3.05) is 19.7 Å². The number of nitrogens with one attached hydrogen (secondary N) is 1. The number of ether oxygens (including phenoxy) is 1. The molecule has 2 atom stereocenters. The number of amides is 2. The summed E-state index contributed by atoms with van der Waals surface area (Å²) in [5.74, 6) is -1.48. The molecule has 1 aliphatic heterocycles. The van der Waals surface area contributed by atoms with Crippen molar-refractivity contribution in [2.24, 2.45) is 11.3 Å². The van der Waals surface area contributed by atoms with Gasteiger partial charge < -0.3 is 20.1 Å². The fraction of sp³-hybridized carbons (Fsp3) is 0.464. The van der Waals surface area contributed by atoms with Crippen molar-refractivity contribution in [1.29, 1.82) is 0 Å². The molecule has 2 aromatic carbocycles. The first-order valence-electron chi connectivity index (χ1n) is 12.3. The number of likely N-dealkylation sites (tertiary alicyclic amines) is 1. The summed E-state index contributed by atoms with van der Waals surface area (Å²) in [4.78, 5) is 38.9. The van der Waals surface area contributed by atoms with Crippen molar-refractivity contribution in [2.45, 2.75) is 52.0 Å². The number of alkyl carbamates (subject to hydrolysis) is 1. The summed E-state index contributed by atoms with van der Waals surface area (Å²) in [5.41, 5.74) is 3.93. The Bertz CT molecular complexity index is 1070. The molecule has 2 amide bonds. The Hall–Kier alpha value is -3.35. The van der Waals surface area contributed by atoms with Crippen molar-refractivity contribution >= 4 is 18.0 Å². The molecule has 2 unspecified atom stereocenters. The zero-order chi connectivity index (χ0) is 25.2. The van der Waals surface area contributed by atoms with Gasteiger partial charge in [0.05, 0.1) is 5.92 Å². The lowest BCUT2D eigenvalue weighted by molar-refractivity contribution is -0.153. The number of rotatable bonds is 7. The van der Waals surface area contributed by atoms with Crippen LogP contribution in [0.4, 0.5) is 4.79 Å². The lowest BCUT2D eigenvalue weighted by atomic mass is 9.83. The SMILES string of the molecule is CC1C(C(=O)O)CCCN1C(=O)C(C)(C)CCNC(=O)OCC1c2ccccc2-c2ccccc21. The molecule has 4 rings (SSSR count). The van der Waals surface area contributed by atoms with Crippen LogP contribution in [0.3, 0.4) is 0 Å². The fourth-order valence-electron chi connectivity index (χ4n) is 5.38. The second-order valence-electron chi connectivity index (χ2n) is 10.2. The van der Waals surface area contributed by atoms with Gasteiger partial charge in [-0.25, -0.2) is 4.79 Å². The van der Waals surface area contributed by atoms with Gasteiger partial charge in [0.2, 0.25) is 5.91 Å². The van der Waals surface area contributed by atoms with Gasteiger partial charge in [-0.1, -0.05) is 62.4 Å². The van der Waals surface area contributed by atoms with Gasteiger partial charge in [-0.05, 0) is 48.4 Å². The van der Waals surface area contributed by atoms with Gasteiger partial charge in [0.1, 0.15) is 6.61 Å². The minimum absolute atomic E-state index is 0.00561. The van der Waals surface area contributed by atoms with Crippen molar-refractivity contribution in [3.63, 3.8) is 0 Å². The highest BCUT2D eigenvalue weighted by molar-refractivity contribution is 5.83. The Balaban J connectivity index is 1.29. The Labute approximate surface area is 206 Å². The summed E-state index contributed by atoms with van der Waals surface area (Å²) >= 11 is 0. The van der Waals surface area contributed by atoms with E-state index in [2.05, 4.69) is 29.6 Å². The molecule has 0 saturated carbocycles. The Morgan fingerprint density at radius 2 is 1.66 bits per heavy atom. The Morgan fingerprint density at radius 3 is 2.26 bits per heavy atom. The molecule has 1 saturated heterocycles. The van der Waals surface area contributed by atoms with Crippen molar-refractivity contribution < 1.29 is 24.2 Å². The summed E-state index contributed by atoms with van der Waals surface area (Å²) in [6, 6.07) is 16.0. The van der Waals surface area contributed by atoms with Gasteiger partial charge in [-0.2, -0.15) is 0 Å². The van der Waals surface area contributed by atoms with Crippen LogP contribution in [0, 0.1) is 11.3 Å². The number of fused-ring (bicyclic) bond motifs is 3. The van der Waals surface area contributed by atoms with E-state index in [1.165, 1.54) is 11.1 Å². The first-order valence-corrected chi connectivity index (χ1v) is 12.3. The molecule has 7 nitrogen and oxygen atoms in total. The van der Waals surface area contributed by atoms with Crippen LogP contribution in [0.25, 0.3) is 11.1 Å². The molecule has 1 heterocycles. The lowest BCUT2D eigenvalue weighted by Gasteiger charge is -2.41. The molecule has 186 valence electrons. The van der Waals surface area contributed by atoms with E-state index in [0.29, 0.717) is 32.4 Å². The molecular formula is C28H34N2O5. The minimum Gasteiger partial charge on any atom is -0.481 e. The molecule has 0 spiro atoms. The third-order valence-electron chi connectivity index (χ3n) is 7.51. The van der Waals surface area contributed by atoms with E-state index >= 15 is 0 Å². The zero-order valence-corrected chi connectivity index (χ0v) is 20.6. The van der Waals surface area contributed by atoms with E-state index in [1.807, 2.05) is 38.1 Å². The largest absolute Gasteiger partial charge is 0.481 e. The van der Waals surface area contributed by atoms with Gasteiger partial charge in [0, 0.05) is 30.5 Å². The van der Waals surface area contributed by atoms with Gasteiger partial charge in [0.15, 0.2) is 0 Å². The van der Waals surface area contributed by atoms with E-state index in [-0.39, 0.29) is 24.5 Å². The van der Waals surface area contributed by atoms with Gasteiger partial charge in [-0.15, -0.1) is 0 Å². The maximum atomic E-state index is 13.2. The molecule has 2 aromatic rings. The molecule has 35 heavy (non-hydrogen) atoms. The van der Waals surface area contributed by atoms with Gasteiger partial charge >= 0.3 is 12.1 Å². The summed E-state index contributed by atoms with van der Waals surface area (Å²) in [6.07, 6.45) is 1.19. The monoisotopic (exact) mass is 478 g/mol. The number of benzene rings is 2. The van der Waals surface area contributed by atoms with Crippen molar-refractivity contribution in [3.05, 3.63) is 59.7 Å². The number of hydrogen-bond acceptors (Lipinski definition) is 4. The maximum Gasteiger partial charge on any atom is 0.407 e. The number of carboxylic acids is 1. The number of nitrogens with zero attached hydrogens (tertiary/aromatic N) is 1. The third-order valence-corrected chi connectivity index (χ3v) is 7.51. The highest BCUT2D eigenvalue weighted by Crippen LogP contribution is 2.44. The predicted molar refractivity (Wildman–Crippen MR) is 133 cm³/mol. The summed E-state index contributed by atoms with van der Waals surface area (Å²) < 4.78 is 5.58. The summed E-state index contributed by atoms with van der Waals surface area (Å²) in [5, 5.41) is 12.2. The highest BCUT2D eigenvalue weighted by atomic mass is 16.5. The second kappa shape index (κ2) is 10.1. The molecule has 2 aliphatic rings. The minimum atomic E-state index is -0.857. The molecule has 2 N–H and O–H groups in total. The molecule has 7 heteroatoms. The maximum absolute atomic E-state index is 13.2. The molecule has 0 bridgehead atoms. The first-order chi connectivity index (χ1) is 16.7. The smallest absolute Gasteiger partial charge is 0.407 e. The normalized spacial score (nSPS) is 19.6. The lowest BCUT2D eigenvalue weighted by Crippen LogP contribution is -2.53. The number of aliphatic carboxylic acids is 1. The molecule has 0 radical (unpaired) electrons. The summed E-state index contributed by atoms with van der Waals surface area (Å²) in [7, 11) is 0. The van der Waals surface area contributed by atoms with Crippen LogP contribution in [0.2, 0.25) is 0 Å². The number of piperidine rings is 1. The number of carbonyl (C=O) groups is 3. The van der Waals surface area contributed by atoms with Crippen molar-refractivity contribution in [1.82, 2.24) is 10.2 Å². The number of carbonyl (C=O) groups excluding carboxylic acids is 2. The van der Waals surface area contributed by atoms with Crippen molar-refractivity contribution in [3.8, 4) is 11.1 Å². The zero-order valence-electron chi connectivity index (χ0n) is 20.6. The number of carboxylic acid groups (broad SMARTS) is 1. The molecule has 0 aromatic heterocycles. The Morgan fingerprint density at radius 1 is 1.06 bits per heavy atom. The van der Waals surface area contributed by atoms with Crippen LogP contribution in [-0.4, -0.2) is 53.7 Å². The first kappa shape index (κ1) is 24.8. The molecule has 1 fully saturated rings. The fourth-order valence-corrected chi connectivity index (χ4v) is 5.38. The van der Waals surface area contributed by atoms with Crippen LogP contribution >= 0.6 is 0 Å².